The molecule has 0 saturated heterocycles. The fourth-order valence-corrected chi connectivity index (χ4v) is 6.41. The third-order valence-electron chi connectivity index (χ3n) is 3.76. The maximum Gasteiger partial charge on any atom is 1.00 e. The second-order valence-electron chi connectivity index (χ2n) is 5.28. The Bertz CT molecular complexity index is 256. The molecular weight excluding hydrogens is 291 g/mol. The fraction of sp³-hybridized carbons (Fsp3) is 0.923. The number of aliphatic carboxylic acids is 1. The van der Waals surface area contributed by atoms with Crippen LogP contribution in [0.15, 0.2) is 0 Å². The number of rotatable bonds is 5. The molecule has 0 aromatic heterocycles. The molecule has 0 bridgehead atoms. The van der Waals surface area contributed by atoms with E-state index in [0.717, 1.165) is 0 Å². The van der Waals surface area contributed by atoms with Crippen molar-refractivity contribution in [2.24, 2.45) is 0 Å². The fourth-order valence-electron chi connectivity index (χ4n) is 2.77. The van der Waals surface area contributed by atoms with Crippen LogP contribution in [-0.4, -0.2) is 20.5 Å². The normalized spacial score (nSPS) is 22.1. The van der Waals surface area contributed by atoms with Crippen LogP contribution in [0.2, 0.25) is 0 Å². The molecule has 0 heterocycles. The van der Waals surface area contributed by atoms with Crippen molar-refractivity contribution in [3.05, 3.63) is 0 Å². The van der Waals surface area contributed by atoms with Gasteiger partial charge in [0.15, 0.2) is 0 Å². The Balaban J connectivity index is 0.00000162. The molecule has 2 aliphatic rings. The van der Waals surface area contributed by atoms with Crippen molar-refractivity contribution in [3.63, 3.8) is 0 Å². The molecule has 0 atom stereocenters. The monoisotopic (exact) mass is 312 g/mol. The van der Waals surface area contributed by atoms with Gasteiger partial charge in [-0.15, -0.1) is 23.5 Å². The summed E-state index contributed by atoms with van der Waals surface area (Å²) in [4.78, 5) is 11.4. The molecule has 2 fully saturated rings. The molecular formula is C13H21KO2S2. The molecule has 0 N–H and O–H groups in total. The van der Waals surface area contributed by atoms with Crippen molar-refractivity contribution in [1.29, 1.82) is 0 Å². The zero-order chi connectivity index (χ0) is 12.3. The number of carbonyl (C=O) groups is 1. The van der Waals surface area contributed by atoms with E-state index in [-0.39, 0.29) is 51.4 Å². The first kappa shape index (κ1) is 17.9. The van der Waals surface area contributed by atoms with E-state index in [9.17, 15) is 9.90 Å². The van der Waals surface area contributed by atoms with Gasteiger partial charge in [-0.1, -0.05) is 25.7 Å². The van der Waals surface area contributed by atoms with Crippen LogP contribution in [0.5, 0.6) is 0 Å². The Morgan fingerprint density at radius 1 is 1.00 bits per heavy atom. The van der Waals surface area contributed by atoms with Crippen LogP contribution in [-0.2, 0) is 4.79 Å². The van der Waals surface area contributed by atoms with Crippen molar-refractivity contribution in [1.82, 2.24) is 0 Å². The molecule has 2 rings (SSSR count). The first-order valence-corrected chi connectivity index (χ1v) is 8.43. The van der Waals surface area contributed by atoms with Crippen molar-refractivity contribution >= 4 is 29.5 Å². The smallest absolute Gasteiger partial charge is 0.548 e. The quantitative estimate of drug-likeness (QED) is 0.521. The largest absolute Gasteiger partial charge is 1.00 e. The molecule has 0 aromatic carbocycles. The predicted molar refractivity (Wildman–Crippen MR) is 73.1 cm³/mol. The zero-order valence-corrected chi connectivity index (χ0v) is 16.2. The Kier molecular flexibility index (Phi) is 8.23. The van der Waals surface area contributed by atoms with E-state index in [1.807, 2.05) is 6.92 Å². The van der Waals surface area contributed by atoms with E-state index in [1.165, 1.54) is 51.4 Å². The van der Waals surface area contributed by atoms with Gasteiger partial charge in [-0.25, -0.2) is 0 Å². The molecule has 0 radical (unpaired) electrons. The van der Waals surface area contributed by atoms with E-state index < -0.39 is 10.0 Å². The van der Waals surface area contributed by atoms with Gasteiger partial charge in [0.2, 0.25) is 0 Å². The van der Waals surface area contributed by atoms with E-state index >= 15 is 0 Å². The number of carboxylic acid groups (broad SMARTS) is 1. The summed E-state index contributed by atoms with van der Waals surface area (Å²) in [5, 5.41) is 12.5. The molecule has 0 amide bonds. The summed E-state index contributed by atoms with van der Waals surface area (Å²) in [6.07, 6.45) is 9.75. The van der Waals surface area contributed by atoms with Gasteiger partial charge in [0.1, 0.15) is 0 Å². The van der Waals surface area contributed by atoms with Crippen LogP contribution in [0.3, 0.4) is 0 Å². The average Bonchev–Trinajstić information content (AvgIpc) is 2.90. The van der Waals surface area contributed by atoms with Gasteiger partial charge in [-0.2, -0.15) is 0 Å². The average molecular weight is 313 g/mol. The minimum absolute atomic E-state index is 0. The minimum Gasteiger partial charge on any atom is -0.548 e. The SMILES string of the molecule is CC(SC1CCCC1)(SC1CCCC1)C(=O)[O-].[K+]. The van der Waals surface area contributed by atoms with E-state index in [1.54, 1.807) is 23.5 Å². The molecule has 2 nitrogen and oxygen atoms in total. The summed E-state index contributed by atoms with van der Waals surface area (Å²) in [6, 6.07) is 0. The summed E-state index contributed by atoms with van der Waals surface area (Å²) in [5.74, 6) is -0.883. The van der Waals surface area contributed by atoms with Gasteiger partial charge in [0.25, 0.3) is 0 Å². The van der Waals surface area contributed by atoms with Crippen molar-refractivity contribution in [2.75, 3.05) is 0 Å². The van der Waals surface area contributed by atoms with Crippen LogP contribution in [0, 0.1) is 0 Å². The molecule has 0 unspecified atom stereocenters. The standard InChI is InChI=1S/C13H22O2S2.K/c1-13(12(14)15,16-10-6-2-3-7-10)17-11-8-4-5-9-11;/h10-11H,2-9H2,1H3,(H,14,15);/q;+1/p-1. The van der Waals surface area contributed by atoms with Gasteiger partial charge in [0.05, 0.1) is 10.0 Å². The number of carbonyl (C=O) groups excluding carboxylic acids is 1. The first-order chi connectivity index (χ1) is 8.10. The number of hydrogen-bond acceptors (Lipinski definition) is 4. The van der Waals surface area contributed by atoms with Gasteiger partial charge in [-0.05, 0) is 32.6 Å². The predicted octanol–water partition coefficient (Wildman–Crippen LogP) is -0.192. The van der Waals surface area contributed by atoms with Gasteiger partial charge in [-0.3, -0.25) is 0 Å². The third kappa shape index (κ3) is 4.97. The molecule has 18 heavy (non-hydrogen) atoms. The zero-order valence-electron chi connectivity index (χ0n) is 11.4. The second kappa shape index (κ2) is 8.30. The third-order valence-corrected chi connectivity index (χ3v) is 7.18. The Labute approximate surface area is 161 Å². The van der Waals surface area contributed by atoms with Crippen LogP contribution >= 0.6 is 23.5 Å². The summed E-state index contributed by atoms with van der Waals surface area (Å²) in [6.45, 7) is 1.86. The van der Waals surface area contributed by atoms with Gasteiger partial charge < -0.3 is 9.90 Å². The maximum absolute atomic E-state index is 11.4. The van der Waals surface area contributed by atoms with Crippen LogP contribution in [0.4, 0.5) is 0 Å². The molecule has 2 saturated carbocycles. The number of thioether (sulfide) groups is 2. The molecule has 5 heteroatoms. The topological polar surface area (TPSA) is 40.1 Å². The maximum atomic E-state index is 11.4. The Morgan fingerprint density at radius 2 is 1.33 bits per heavy atom. The van der Waals surface area contributed by atoms with E-state index in [0.29, 0.717) is 10.5 Å². The molecule has 0 spiro atoms. The van der Waals surface area contributed by atoms with Crippen molar-refractivity contribution in [2.45, 2.75) is 72.9 Å². The second-order valence-corrected chi connectivity index (χ2v) is 8.98. The van der Waals surface area contributed by atoms with Crippen LogP contribution in [0.25, 0.3) is 0 Å². The molecule has 0 aromatic rings. The van der Waals surface area contributed by atoms with E-state index in [2.05, 4.69) is 0 Å². The Morgan fingerprint density at radius 3 is 1.61 bits per heavy atom. The molecule has 0 aliphatic heterocycles. The minimum atomic E-state index is -0.883. The first-order valence-electron chi connectivity index (χ1n) is 6.67. The molecule has 2 aliphatic carbocycles. The van der Waals surface area contributed by atoms with E-state index in [4.69, 9.17) is 0 Å². The van der Waals surface area contributed by atoms with Gasteiger partial charge in [0, 0.05) is 10.5 Å². The van der Waals surface area contributed by atoms with Crippen molar-refractivity contribution < 1.29 is 61.3 Å². The summed E-state index contributed by atoms with van der Waals surface area (Å²) in [5.41, 5.74) is 0. The summed E-state index contributed by atoms with van der Waals surface area (Å²) in [7, 11) is 0. The number of carboxylic acids is 1. The van der Waals surface area contributed by atoms with Gasteiger partial charge >= 0.3 is 51.4 Å². The van der Waals surface area contributed by atoms with Crippen LogP contribution in [0.1, 0.15) is 58.3 Å². The molecule has 98 valence electrons. The van der Waals surface area contributed by atoms with Crippen molar-refractivity contribution in [3.8, 4) is 0 Å². The summed E-state index contributed by atoms with van der Waals surface area (Å²) >= 11 is 3.30. The summed E-state index contributed by atoms with van der Waals surface area (Å²) < 4.78 is -0.732. The Hall–Kier alpha value is 1.81. The van der Waals surface area contributed by atoms with Crippen LogP contribution < -0.4 is 56.5 Å². The number of hydrogen-bond donors (Lipinski definition) is 0.